The zero-order valence-electron chi connectivity index (χ0n) is 11.1. The molecule has 16 heavy (non-hydrogen) atoms. The van der Waals surface area contributed by atoms with E-state index >= 15 is 0 Å². The molecule has 0 saturated carbocycles. The van der Waals surface area contributed by atoms with Crippen LogP contribution in [-0.4, -0.2) is 20.1 Å². The van der Waals surface area contributed by atoms with Gasteiger partial charge < -0.3 is 5.61 Å². The SMILES string of the molecule is C=CC(=O)OS(=O)(=O)CCCCCCC.[H-].[Na+]. The third kappa shape index (κ3) is 10.7. The second-order valence-corrected chi connectivity index (χ2v) is 4.97. The van der Waals surface area contributed by atoms with Crippen LogP contribution in [-0.2, 0) is 19.1 Å². The fourth-order valence-corrected chi connectivity index (χ4v) is 2.04. The fourth-order valence-electron chi connectivity index (χ4n) is 1.08. The number of hydrogen-bond donors (Lipinski definition) is 0. The first-order valence-electron chi connectivity index (χ1n) is 5.10. The van der Waals surface area contributed by atoms with Crippen LogP contribution in [0.5, 0.6) is 0 Å². The molecule has 0 fully saturated rings. The first-order chi connectivity index (χ1) is 7.02. The summed E-state index contributed by atoms with van der Waals surface area (Å²) in [7, 11) is -3.70. The van der Waals surface area contributed by atoms with Crippen molar-refractivity contribution in [3.63, 3.8) is 0 Å². The number of hydrogen-bond acceptors (Lipinski definition) is 4. The largest absolute Gasteiger partial charge is 1.00 e. The van der Waals surface area contributed by atoms with Gasteiger partial charge >= 0.3 is 45.6 Å². The van der Waals surface area contributed by atoms with Gasteiger partial charge in [0.15, 0.2) is 0 Å². The maximum absolute atomic E-state index is 11.1. The van der Waals surface area contributed by atoms with Crippen LogP contribution in [0.2, 0.25) is 0 Å². The van der Waals surface area contributed by atoms with E-state index in [0.717, 1.165) is 31.8 Å². The van der Waals surface area contributed by atoms with Crippen molar-refractivity contribution < 1.29 is 48.4 Å². The van der Waals surface area contributed by atoms with E-state index < -0.39 is 16.1 Å². The van der Waals surface area contributed by atoms with Crippen LogP contribution in [0.25, 0.3) is 0 Å². The van der Waals surface area contributed by atoms with Crippen molar-refractivity contribution in [1.82, 2.24) is 0 Å². The first-order valence-corrected chi connectivity index (χ1v) is 6.68. The molecule has 0 rings (SSSR count). The van der Waals surface area contributed by atoms with Gasteiger partial charge in [-0.05, 0) is 6.42 Å². The minimum atomic E-state index is -3.70. The molecule has 4 nitrogen and oxygen atoms in total. The molecule has 0 N–H and O–H groups in total. The summed E-state index contributed by atoms with van der Waals surface area (Å²) in [5.41, 5.74) is 0. The van der Waals surface area contributed by atoms with E-state index in [4.69, 9.17) is 0 Å². The van der Waals surface area contributed by atoms with Crippen LogP contribution in [0.3, 0.4) is 0 Å². The standard InChI is InChI=1S/C10H18O4S.Na.H/c1-3-5-6-7-8-9-15(12,13)14-10(11)4-2;;/h4H,2-3,5-9H2,1H3;;/q;+1;-1. The van der Waals surface area contributed by atoms with E-state index in [2.05, 4.69) is 17.7 Å². The Labute approximate surface area is 121 Å². The molecule has 0 spiro atoms. The summed E-state index contributed by atoms with van der Waals surface area (Å²) in [6, 6.07) is 0. The zero-order valence-corrected chi connectivity index (χ0v) is 12.9. The van der Waals surface area contributed by atoms with Gasteiger partial charge in [-0.15, -0.1) is 0 Å². The Hall–Kier alpha value is 0.160. The van der Waals surface area contributed by atoms with Gasteiger partial charge in [-0.2, -0.15) is 8.42 Å². The average molecular weight is 258 g/mol. The molecular weight excluding hydrogens is 239 g/mol. The Morgan fingerprint density at radius 2 is 1.88 bits per heavy atom. The molecule has 0 unspecified atom stereocenters. The van der Waals surface area contributed by atoms with Crippen LogP contribution in [0.4, 0.5) is 0 Å². The molecular formula is C10H19NaO4S. The van der Waals surface area contributed by atoms with Gasteiger partial charge in [-0.1, -0.05) is 39.2 Å². The Balaban J connectivity index is -0.000000980. The molecule has 0 bridgehead atoms. The van der Waals surface area contributed by atoms with Crippen LogP contribution in [0, 0.1) is 0 Å². The maximum atomic E-state index is 11.1. The maximum Gasteiger partial charge on any atom is 1.00 e. The summed E-state index contributed by atoms with van der Waals surface area (Å²) in [6.07, 6.45) is 5.45. The number of carbonyl (C=O) groups excluding carboxylic acids is 1. The molecule has 0 aromatic heterocycles. The first kappa shape index (κ1) is 18.5. The van der Waals surface area contributed by atoms with Crippen LogP contribution in [0.1, 0.15) is 40.5 Å². The number of carbonyl (C=O) groups is 1. The summed E-state index contributed by atoms with van der Waals surface area (Å²) in [5.74, 6) is -1.01. The third-order valence-corrected chi connectivity index (χ3v) is 3.08. The third-order valence-electron chi connectivity index (χ3n) is 1.87. The predicted octanol–water partition coefficient (Wildman–Crippen LogP) is -0.868. The van der Waals surface area contributed by atoms with E-state index in [1.807, 2.05) is 0 Å². The summed E-state index contributed by atoms with van der Waals surface area (Å²) >= 11 is 0. The molecule has 0 aliphatic heterocycles. The molecule has 0 aliphatic rings. The van der Waals surface area contributed by atoms with Gasteiger partial charge in [0.2, 0.25) is 0 Å². The van der Waals surface area contributed by atoms with Gasteiger partial charge in [0.25, 0.3) is 0 Å². The van der Waals surface area contributed by atoms with Crippen LogP contribution < -0.4 is 29.6 Å². The Morgan fingerprint density at radius 3 is 2.38 bits per heavy atom. The van der Waals surface area contributed by atoms with Crippen LogP contribution >= 0.6 is 0 Å². The van der Waals surface area contributed by atoms with Gasteiger partial charge in [0.1, 0.15) is 0 Å². The predicted molar refractivity (Wildman–Crippen MR) is 59.9 cm³/mol. The second kappa shape index (κ2) is 10.3. The Bertz CT molecular complexity index is 303. The zero-order chi connectivity index (χ0) is 11.7. The number of unbranched alkanes of at least 4 members (excludes halogenated alkanes) is 4. The quantitative estimate of drug-likeness (QED) is 0.246. The van der Waals surface area contributed by atoms with Gasteiger partial charge in [-0.3, -0.25) is 0 Å². The summed E-state index contributed by atoms with van der Waals surface area (Å²) in [6.45, 7) is 5.21. The van der Waals surface area contributed by atoms with E-state index in [-0.39, 0.29) is 36.7 Å². The average Bonchev–Trinajstić information content (AvgIpc) is 2.16. The molecule has 0 radical (unpaired) electrons. The monoisotopic (exact) mass is 258 g/mol. The van der Waals surface area contributed by atoms with Crippen molar-refractivity contribution in [1.29, 1.82) is 0 Å². The van der Waals surface area contributed by atoms with E-state index in [1.165, 1.54) is 0 Å². The van der Waals surface area contributed by atoms with Crippen molar-refractivity contribution in [3.8, 4) is 0 Å². The second-order valence-electron chi connectivity index (χ2n) is 3.28. The summed E-state index contributed by atoms with van der Waals surface area (Å²) in [4.78, 5) is 10.6. The topological polar surface area (TPSA) is 60.4 Å². The van der Waals surface area contributed by atoms with Crippen molar-refractivity contribution in [2.24, 2.45) is 0 Å². The minimum Gasteiger partial charge on any atom is -1.00 e. The summed E-state index contributed by atoms with van der Waals surface area (Å²) in [5, 5.41) is 0. The van der Waals surface area contributed by atoms with E-state index in [9.17, 15) is 13.2 Å². The molecule has 0 atom stereocenters. The number of rotatable bonds is 8. The van der Waals surface area contributed by atoms with Crippen molar-refractivity contribution >= 4 is 16.1 Å². The molecule has 0 aromatic rings. The van der Waals surface area contributed by atoms with Crippen molar-refractivity contribution in [2.75, 3.05) is 5.75 Å². The normalized spacial score (nSPS) is 10.3. The molecule has 90 valence electrons. The van der Waals surface area contributed by atoms with E-state index in [0.29, 0.717) is 6.42 Å². The Kier molecular flexibility index (Phi) is 12.0. The van der Waals surface area contributed by atoms with Crippen LogP contribution in [0.15, 0.2) is 12.7 Å². The molecule has 0 aliphatic carbocycles. The summed E-state index contributed by atoms with van der Waals surface area (Å²) < 4.78 is 26.5. The van der Waals surface area contributed by atoms with Gasteiger partial charge in [0.05, 0.1) is 5.75 Å². The molecule has 0 saturated heterocycles. The van der Waals surface area contributed by atoms with Crippen molar-refractivity contribution in [2.45, 2.75) is 39.0 Å². The van der Waals surface area contributed by atoms with Gasteiger partial charge in [0, 0.05) is 6.08 Å². The minimum absolute atomic E-state index is 0. The van der Waals surface area contributed by atoms with Gasteiger partial charge in [-0.25, -0.2) is 4.79 Å². The molecule has 6 heteroatoms. The smallest absolute Gasteiger partial charge is 1.00 e. The molecule has 0 aromatic carbocycles. The molecule has 0 heterocycles. The fraction of sp³-hybridized carbons (Fsp3) is 0.700. The van der Waals surface area contributed by atoms with Crippen molar-refractivity contribution in [3.05, 3.63) is 12.7 Å². The Morgan fingerprint density at radius 1 is 1.31 bits per heavy atom. The molecule has 0 amide bonds. The van der Waals surface area contributed by atoms with E-state index in [1.54, 1.807) is 0 Å².